The van der Waals surface area contributed by atoms with Crippen molar-refractivity contribution in [1.29, 1.82) is 0 Å². The molecule has 94 valence electrons. The smallest absolute Gasteiger partial charge is 0.131 e. The number of benzene rings is 1. The standard InChI is InChI=1S/C13H17F2NO/c1-8-5-10(12(15)6-11(8)14)13(17)9-3-2-4-16-7-9/h5-6,9,13,16-17H,2-4,7H2,1H3. The normalized spacial score (nSPS) is 22.5. The molecule has 1 aromatic rings. The first-order chi connectivity index (χ1) is 8.09. The Morgan fingerprint density at radius 2 is 2.12 bits per heavy atom. The second-order valence-corrected chi connectivity index (χ2v) is 4.67. The van der Waals surface area contributed by atoms with E-state index in [-0.39, 0.29) is 11.5 Å². The van der Waals surface area contributed by atoms with Crippen LogP contribution >= 0.6 is 0 Å². The van der Waals surface area contributed by atoms with Gasteiger partial charge in [-0.05, 0) is 37.9 Å². The van der Waals surface area contributed by atoms with E-state index in [0.717, 1.165) is 25.5 Å². The molecule has 1 heterocycles. The summed E-state index contributed by atoms with van der Waals surface area (Å²) in [6.07, 6.45) is 0.982. The molecule has 0 amide bonds. The van der Waals surface area contributed by atoms with Crippen LogP contribution in [0.25, 0.3) is 0 Å². The van der Waals surface area contributed by atoms with Crippen molar-refractivity contribution in [2.24, 2.45) is 5.92 Å². The second kappa shape index (κ2) is 5.10. The van der Waals surface area contributed by atoms with E-state index in [1.54, 1.807) is 6.92 Å². The number of aliphatic hydroxyl groups excluding tert-OH is 1. The van der Waals surface area contributed by atoms with Crippen molar-refractivity contribution < 1.29 is 13.9 Å². The van der Waals surface area contributed by atoms with Gasteiger partial charge in [-0.1, -0.05) is 0 Å². The fourth-order valence-corrected chi connectivity index (χ4v) is 2.31. The Hall–Kier alpha value is -1.00. The summed E-state index contributed by atoms with van der Waals surface area (Å²) in [6, 6.07) is 2.26. The zero-order chi connectivity index (χ0) is 12.4. The SMILES string of the molecule is Cc1cc(C(O)C2CCCNC2)c(F)cc1F. The highest BCUT2D eigenvalue weighted by Crippen LogP contribution is 2.30. The molecule has 1 fully saturated rings. The highest BCUT2D eigenvalue weighted by Gasteiger charge is 2.25. The summed E-state index contributed by atoms with van der Waals surface area (Å²) in [5.41, 5.74) is 0.571. The molecule has 0 radical (unpaired) electrons. The van der Waals surface area contributed by atoms with E-state index in [4.69, 9.17) is 0 Å². The first-order valence-electron chi connectivity index (χ1n) is 5.94. The Morgan fingerprint density at radius 3 is 2.76 bits per heavy atom. The highest BCUT2D eigenvalue weighted by molar-refractivity contribution is 5.27. The van der Waals surface area contributed by atoms with Crippen molar-refractivity contribution in [3.05, 3.63) is 34.9 Å². The second-order valence-electron chi connectivity index (χ2n) is 4.67. The summed E-state index contributed by atoms with van der Waals surface area (Å²) >= 11 is 0. The number of hydrogen-bond acceptors (Lipinski definition) is 2. The van der Waals surface area contributed by atoms with Crippen molar-refractivity contribution in [2.75, 3.05) is 13.1 Å². The number of hydrogen-bond donors (Lipinski definition) is 2. The number of halogens is 2. The van der Waals surface area contributed by atoms with Gasteiger partial charge >= 0.3 is 0 Å². The molecule has 1 saturated heterocycles. The third-order valence-corrected chi connectivity index (χ3v) is 3.38. The molecule has 2 rings (SSSR count). The summed E-state index contributed by atoms with van der Waals surface area (Å²) in [6.45, 7) is 3.19. The van der Waals surface area contributed by atoms with Gasteiger partial charge in [0.25, 0.3) is 0 Å². The molecule has 1 aliphatic rings. The molecule has 2 N–H and O–H groups in total. The number of aliphatic hydroxyl groups is 1. The van der Waals surface area contributed by atoms with Gasteiger partial charge in [0.1, 0.15) is 11.6 Å². The minimum atomic E-state index is -0.859. The van der Waals surface area contributed by atoms with Crippen LogP contribution < -0.4 is 5.32 Å². The fraction of sp³-hybridized carbons (Fsp3) is 0.538. The van der Waals surface area contributed by atoms with E-state index in [1.165, 1.54) is 6.07 Å². The van der Waals surface area contributed by atoms with Gasteiger partial charge in [-0.15, -0.1) is 0 Å². The number of rotatable bonds is 2. The minimum absolute atomic E-state index is 0.00288. The molecular weight excluding hydrogens is 224 g/mol. The quantitative estimate of drug-likeness (QED) is 0.832. The monoisotopic (exact) mass is 241 g/mol. The Bertz CT molecular complexity index is 403. The van der Waals surface area contributed by atoms with Crippen molar-refractivity contribution in [1.82, 2.24) is 5.32 Å². The molecule has 2 atom stereocenters. The predicted octanol–water partition coefficient (Wildman–Crippen LogP) is 2.31. The average molecular weight is 241 g/mol. The molecule has 0 spiro atoms. The molecule has 2 nitrogen and oxygen atoms in total. The molecule has 0 aliphatic carbocycles. The van der Waals surface area contributed by atoms with E-state index < -0.39 is 17.7 Å². The van der Waals surface area contributed by atoms with Gasteiger partial charge in [0, 0.05) is 24.1 Å². The zero-order valence-corrected chi connectivity index (χ0v) is 9.84. The van der Waals surface area contributed by atoms with Crippen LogP contribution in [0, 0.1) is 24.5 Å². The fourth-order valence-electron chi connectivity index (χ4n) is 2.31. The lowest BCUT2D eigenvalue weighted by atomic mass is 9.88. The molecule has 2 unspecified atom stereocenters. The van der Waals surface area contributed by atoms with Crippen LogP contribution in [0.4, 0.5) is 8.78 Å². The number of nitrogens with one attached hydrogen (secondary N) is 1. The van der Waals surface area contributed by atoms with Crippen molar-refractivity contribution in [2.45, 2.75) is 25.9 Å². The number of piperidine rings is 1. The van der Waals surface area contributed by atoms with Crippen molar-refractivity contribution >= 4 is 0 Å². The Morgan fingerprint density at radius 1 is 1.35 bits per heavy atom. The first kappa shape index (κ1) is 12.5. The molecule has 0 bridgehead atoms. The number of aryl methyl sites for hydroxylation is 1. The summed E-state index contributed by atoms with van der Waals surface area (Å²) in [5.74, 6) is -1.23. The van der Waals surface area contributed by atoms with Gasteiger partial charge in [-0.2, -0.15) is 0 Å². The first-order valence-corrected chi connectivity index (χ1v) is 5.94. The molecule has 1 aliphatic heterocycles. The van der Waals surface area contributed by atoms with E-state index in [9.17, 15) is 13.9 Å². The third-order valence-electron chi connectivity index (χ3n) is 3.38. The van der Waals surface area contributed by atoms with Gasteiger partial charge in [0.15, 0.2) is 0 Å². The van der Waals surface area contributed by atoms with Gasteiger partial charge in [-0.3, -0.25) is 0 Å². The van der Waals surface area contributed by atoms with Crippen LogP contribution in [0.3, 0.4) is 0 Å². The van der Waals surface area contributed by atoms with Crippen LogP contribution in [-0.2, 0) is 0 Å². The van der Waals surface area contributed by atoms with Gasteiger partial charge in [-0.25, -0.2) is 8.78 Å². The Labute approximate surface area is 99.7 Å². The van der Waals surface area contributed by atoms with E-state index in [1.807, 2.05) is 0 Å². The van der Waals surface area contributed by atoms with Crippen molar-refractivity contribution in [3.8, 4) is 0 Å². The molecule has 0 aromatic heterocycles. The topological polar surface area (TPSA) is 32.3 Å². The lowest BCUT2D eigenvalue weighted by Crippen LogP contribution is -2.33. The van der Waals surface area contributed by atoms with Gasteiger partial charge in [0.05, 0.1) is 6.10 Å². The Balaban J connectivity index is 2.23. The van der Waals surface area contributed by atoms with Crippen LogP contribution in [0.5, 0.6) is 0 Å². The zero-order valence-electron chi connectivity index (χ0n) is 9.84. The molecule has 4 heteroatoms. The van der Waals surface area contributed by atoms with E-state index in [0.29, 0.717) is 12.1 Å². The Kier molecular flexibility index (Phi) is 3.74. The molecular formula is C13H17F2NO. The highest BCUT2D eigenvalue weighted by atomic mass is 19.1. The maximum absolute atomic E-state index is 13.6. The lowest BCUT2D eigenvalue weighted by Gasteiger charge is -2.28. The summed E-state index contributed by atoms with van der Waals surface area (Å²) < 4.78 is 26.7. The molecule has 17 heavy (non-hydrogen) atoms. The largest absolute Gasteiger partial charge is 0.388 e. The lowest BCUT2D eigenvalue weighted by molar-refractivity contribution is 0.0886. The van der Waals surface area contributed by atoms with Crippen LogP contribution in [0.2, 0.25) is 0 Å². The maximum atomic E-state index is 13.6. The van der Waals surface area contributed by atoms with E-state index >= 15 is 0 Å². The van der Waals surface area contributed by atoms with Gasteiger partial charge < -0.3 is 10.4 Å². The van der Waals surface area contributed by atoms with Gasteiger partial charge in [0.2, 0.25) is 0 Å². The summed E-state index contributed by atoms with van der Waals surface area (Å²) in [4.78, 5) is 0. The van der Waals surface area contributed by atoms with Crippen LogP contribution in [0.15, 0.2) is 12.1 Å². The maximum Gasteiger partial charge on any atom is 0.131 e. The molecule has 0 saturated carbocycles. The predicted molar refractivity (Wildman–Crippen MR) is 61.6 cm³/mol. The van der Waals surface area contributed by atoms with Crippen LogP contribution in [0.1, 0.15) is 30.1 Å². The van der Waals surface area contributed by atoms with E-state index in [2.05, 4.69) is 5.32 Å². The van der Waals surface area contributed by atoms with Crippen LogP contribution in [-0.4, -0.2) is 18.2 Å². The van der Waals surface area contributed by atoms with Crippen molar-refractivity contribution in [3.63, 3.8) is 0 Å². The summed E-state index contributed by atoms with van der Waals surface area (Å²) in [5, 5.41) is 13.3. The average Bonchev–Trinajstić information content (AvgIpc) is 2.34. The summed E-state index contributed by atoms with van der Waals surface area (Å²) in [7, 11) is 0. The minimum Gasteiger partial charge on any atom is -0.388 e. The third kappa shape index (κ3) is 2.64. The molecule has 1 aromatic carbocycles.